The van der Waals surface area contributed by atoms with E-state index in [1.54, 1.807) is 24.3 Å². The molecule has 0 aromatic heterocycles. The van der Waals surface area contributed by atoms with Gasteiger partial charge in [0.2, 0.25) is 0 Å². The van der Waals surface area contributed by atoms with E-state index in [0.29, 0.717) is 91.6 Å². The van der Waals surface area contributed by atoms with Crippen molar-refractivity contribution in [2.75, 3.05) is 80.8 Å². The SMILES string of the molecule is CCOCCOc1cc(OCCOCC)c(PC(=O)c2c(OC)cc(OC)cc2OC)c(OCCOCC)c1.[H-].[Li+]. The van der Waals surface area contributed by atoms with Crippen LogP contribution in [0.2, 0.25) is 0 Å². The van der Waals surface area contributed by atoms with Crippen LogP contribution in [0.1, 0.15) is 32.6 Å². The third-order valence-electron chi connectivity index (χ3n) is 5.30. The number of rotatable bonds is 21. The van der Waals surface area contributed by atoms with Crippen molar-refractivity contribution in [3.63, 3.8) is 0 Å². The Bertz CT molecular complexity index is 969. The second-order valence-electron chi connectivity index (χ2n) is 7.79. The van der Waals surface area contributed by atoms with Gasteiger partial charge in [-0.3, -0.25) is 4.79 Å². The third kappa shape index (κ3) is 11.4. The second-order valence-corrected chi connectivity index (χ2v) is 9.00. The molecule has 0 saturated heterocycles. The van der Waals surface area contributed by atoms with E-state index < -0.39 is 0 Å². The van der Waals surface area contributed by atoms with Crippen LogP contribution in [0, 0.1) is 0 Å². The number of ether oxygens (including phenoxy) is 9. The van der Waals surface area contributed by atoms with Crippen LogP contribution in [0.15, 0.2) is 24.3 Å². The minimum atomic E-state index is -0.379. The smallest absolute Gasteiger partial charge is 1.00 e. The average molecular weight is 577 g/mol. The van der Waals surface area contributed by atoms with E-state index in [2.05, 4.69) is 0 Å². The molecule has 0 amide bonds. The average Bonchev–Trinajstić information content (AvgIpc) is 2.96. The number of carbonyl (C=O) groups is 1. The van der Waals surface area contributed by atoms with E-state index in [1.807, 2.05) is 20.8 Å². The van der Waals surface area contributed by atoms with Gasteiger partial charge < -0.3 is 44.1 Å². The summed E-state index contributed by atoms with van der Waals surface area (Å²) in [5, 5.41) is 0.588. The van der Waals surface area contributed by atoms with Crippen LogP contribution in [-0.4, -0.2) is 86.3 Å². The molecule has 0 radical (unpaired) electrons. The first kappa shape index (κ1) is 35.8. The van der Waals surface area contributed by atoms with Crippen LogP contribution in [0.5, 0.6) is 34.5 Å². The van der Waals surface area contributed by atoms with Crippen molar-refractivity contribution >= 4 is 19.4 Å². The van der Waals surface area contributed by atoms with Gasteiger partial charge in [-0.05, 0) is 29.4 Å². The molecule has 1 unspecified atom stereocenters. The van der Waals surface area contributed by atoms with E-state index in [9.17, 15) is 4.79 Å². The molecule has 0 aliphatic carbocycles. The summed E-state index contributed by atoms with van der Waals surface area (Å²) in [5.41, 5.74) is 0.0809. The summed E-state index contributed by atoms with van der Waals surface area (Å²) in [7, 11) is 4.14. The summed E-state index contributed by atoms with van der Waals surface area (Å²) in [6.07, 6.45) is 0. The molecule has 0 fully saturated rings. The summed E-state index contributed by atoms with van der Waals surface area (Å²) in [5.74, 6) is 2.67. The zero-order valence-corrected chi connectivity index (χ0v) is 25.8. The van der Waals surface area contributed by atoms with Crippen molar-refractivity contribution in [2.45, 2.75) is 20.8 Å². The van der Waals surface area contributed by atoms with Crippen molar-refractivity contribution in [1.82, 2.24) is 0 Å². The van der Waals surface area contributed by atoms with Gasteiger partial charge in [0.15, 0.2) is 5.52 Å². The van der Waals surface area contributed by atoms with E-state index >= 15 is 0 Å². The Labute approximate surface area is 252 Å². The van der Waals surface area contributed by atoms with Crippen LogP contribution < -0.4 is 52.6 Å². The summed E-state index contributed by atoms with van der Waals surface area (Å²) >= 11 is 0. The van der Waals surface area contributed by atoms with Crippen LogP contribution >= 0.6 is 8.58 Å². The molecule has 2 aromatic rings. The zero-order chi connectivity index (χ0) is 28.5. The van der Waals surface area contributed by atoms with Crippen LogP contribution in [-0.2, 0) is 14.2 Å². The minimum Gasteiger partial charge on any atom is -1.00 e. The van der Waals surface area contributed by atoms with Crippen molar-refractivity contribution in [3.05, 3.63) is 29.8 Å². The van der Waals surface area contributed by atoms with Gasteiger partial charge in [-0.2, -0.15) is 0 Å². The molecule has 0 saturated carbocycles. The maximum Gasteiger partial charge on any atom is 1.00 e. The Kier molecular flexibility index (Phi) is 18.5. The maximum absolute atomic E-state index is 13.8. The molecule has 40 heavy (non-hydrogen) atoms. The Hall–Kier alpha value is -2.18. The van der Waals surface area contributed by atoms with E-state index in [1.165, 1.54) is 21.3 Å². The summed E-state index contributed by atoms with van der Waals surface area (Å²) in [4.78, 5) is 13.8. The molecule has 0 heterocycles. The minimum absolute atomic E-state index is 0. The molecule has 0 spiro atoms. The zero-order valence-electron chi connectivity index (χ0n) is 25.8. The molecule has 10 nitrogen and oxygen atoms in total. The predicted octanol–water partition coefficient (Wildman–Crippen LogP) is 1.22. The normalized spacial score (nSPS) is 10.8. The van der Waals surface area contributed by atoms with Gasteiger partial charge in [0.05, 0.1) is 46.5 Å². The molecule has 220 valence electrons. The van der Waals surface area contributed by atoms with Crippen LogP contribution in [0.3, 0.4) is 0 Å². The standard InChI is InChI=1S/C28H41O10P.Li.H/c1-7-33-10-13-36-21-18-24(37-14-11-34-8-2)27(25(19-21)38-15-12-35-9-3)39-28(29)26-22(31-5)16-20(30-4)17-23(26)32-6;;/h16-19,39H,7-15H2,1-6H3;;/q;+1;-1. The number of carbonyl (C=O) groups excluding carboxylic acids is 1. The Morgan fingerprint density at radius 2 is 1.05 bits per heavy atom. The Balaban J connectivity index is 0.00000800. The van der Waals surface area contributed by atoms with Gasteiger partial charge in [-0.15, -0.1) is 0 Å². The number of hydrogen-bond donors (Lipinski definition) is 0. The molecule has 0 aliphatic rings. The molecule has 2 rings (SSSR count). The summed E-state index contributed by atoms with van der Waals surface area (Å²) in [6.45, 7) is 9.64. The molecule has 0 aliphatic heterocycles. The van der Waals surface area contributed by atoms with Crippen molar-refractivity contribution in [3.8, 4) is 34.5 Å². The summed E-state index contributed by atoms with van der Waals surface area (Å²) < 4.78 is 50.7. The molecule has 0 N–H and O–H groups in total. The molecule has 0 bridgehead atoms. The van der Waals surface area contributed by atoms with Gasteiger partial charge >= 0.3 is 18.9 Å². The van der Waals surface area contributed by atoms with Crippen molar-refractivity contribution in [2.24, 2.45) is 0 Å². The van der Waals surface area contributed by atoms with Gasteiger partial charge in [0, 0.05) is 44.1 Å². The van der Waals surface area contributed by atoms with Crippen LogP contribution in [0.4, 0.5) is 0 Å². The second kappa shape index (κ2) is 20.7. The quantitative estimate of drug-likeness (QED) is 0.123. The number of benzene rings is 2. The molecular weight excluding hydrogens is 534 g/mol. The van der Waals surface area contributed by atoms with Crippen molar-refractivity contribution < 1.29 is 67.7 Å². The maximum atomic E-state index is 13.8. The molecule has 2 aromatic carbocycles. The molecule has 12 heteroatoms. The van der Waals surface area contributed by atoms with Gasteiger partial charge in [-0.25, -0.2) is 0 Å². The van der Waals surface area contributed by atoms with Gasteiger partial charge in [0.1, 0.15) is 59.9 Å². The first-order valence-electron chi connectivity index (χ1n) is 12.9. The molecule has 1 atom stereocenters. The van der Waals surface area contributed by atoms with Crippen molar-refractivity contribution in [1.29, 1.82) is 0 Å². The summed E-state index contributed by atoms with van der Waals surface area (Å²) in [6, 6.07) is 6.81. The number of methoxy groups -OCH3 is 3. The van der Waals surface area contributed by atoms with Crippen LogP contribution in [0.25, 0.3) is 0 Å². The Morgan fingerprint density at radius 3 is 1.45 bits per heavy atom. The third-order valence-corrected chi connectivity index (χ3v) is 6.52. The Morgan fingerprint density at radius 1 is 0.625 bits per heavy atom. The van der Waals surface area contributed by atoms with Gasteiger partial charge in [-0.1, -0.05) is 0 Å². The monoisotopic (exact) mass is 576 g/mol. The van der Waals surface area contributed by atoms with E-state index in [0.717, 1.165) is 0 Å². The first-order chi connectivity index (χ1) is 19.0. The first-order valence-corrected chi connectivity index (χ1v) is 13.9. The fourth-order valence-electron chi connectivity index (χ4n) is 3.48. The molecular formula is C28H42LiO10P. The van der Waals surface area contributed by atoms with E-state index in [4.69, 9.17) is 42.6 Å². The predicted molar refractivity (Wildman–Crippen MR) is 152 cm³/mol. The fraction of sp³-hybridized carbons (Fsp3) is 0.536. The topological polar surface area (TPSA) is 100 Å². The number of hydrogen-bond acceptors (Lipinski definition) is 10. The van der Waals surface area contributed by atoms with Gasteiger partial charge in [0.25, 0.3) is 0 Å². The van der Waals surface area contributed by atoms with E-state index in [-0.39, 0.29) is 47.6 Å². The fourth-order valence-corrected chi connectivity index (χ4v) is 4.61. The largest absolute Gasteiger partial charge is 1.00 e.